The molecule has 5 amide bonds. The smallest absolute Gasteiger partial charge is 0.244 e. The maximum atomic E-state index is 14.1. The molecule has 3 aromatic carbocycles. The minimum absolute atomic E-state index is 0.00204. The van der Waals surface area contributed by atoms with Crippen LogP contribution in [0.5, 0.6) is 5.75 Å². The third kappa shape index (κ3) is 14.5. The van der Waals surface area contributed by atoms with Gasteiger partial charge in [0.25, 0.3) is 0 Å². The van der Waals surface area contributed by atoms with Gasteiger partial charge in [0.15, 0.2) is 11.9 Å². The molecule has 0 aromatic heterocycles. The number of carbonyl (C=O) groups excluding carboxylic acids is 5. The molecular formula is C37H49N11O6S2. The molecule has 3 aromatic rings. The number of rotatable bonds is 14. The zero-order valence-corrected chi connectivity index (χ0v) is 32.4. The van der Waals surface area contributed by atoms with Crippen LogP contribution in [0.2, 0.25) is 0 Å². The van der Waals surface area contributed by atoms with Crippen molar-refractivity contribution < 1.29 is 29.1 Å². The lowest BCUT2D eigenvalue weighted by molar-refractivity contribution is -0.134. The second kappa shape index (κ2) is 22.0. The lowest BCUT2D eigenvalue weighted by Crippen LogP contribution is -2.59. The van der Waals surface area contributed by atoms with Crippen LogP contribution in [0.1, 0.15) is 30.4 Å². The molecule has 1 heterocycles. The Kier molecular flexibility index (Phi) is 16.9. The van der Waals surface area contributed by atoms with Gasteiger partial charge in [-0.25, -0.2) is 0 Å². The summed E-state index contributed by atoms with van der Waals surface area (Å²) in [5.74, 6) is -2.86. The van der Waals surface area contributed by atoms with Crippen LogP contribution in [0.25, 0.3) is 10.8 Å². The summed E-state index contributed by atoms with van der Waals surface area (Å²) in [5, 5.41) is 25.5. The van der Waals surface area contributed by atoms with E-state index in [1.165, 1.54) is 21.6 Å². The van der Waals surface area contributed by atoms with Crippen molar-refractivity contribution in [3.05, 3.63) is 77.9 Å². The van der Waals surface area contributed by atoms with Crippen LogP contribution in [-0.2, 0) is 36.8 Å². The van der Waals surface area contributed by atoms with Gasteiger partial charge in [-0.05, 0) is 53.3 Å². The van der Waals surface area contributed by atoms with E-state index in [4.69, 9.17) is 22.9 Å². The number of guanidine groups is 2. The number of benzene rings is 3. The van der Waals surface area contributed by atoms with E-state index in [-0.39, 0.29) is 68.1 Å². The first-order chi connectivity index (χ1) is 26.9. The molecule has 19 heteroatoms. The van der Waals surface area contributed by atoms with Crippen LogP contribution in [0.15, 0.2) is 76.7 Å². The fourth-order valence-electron chi connectivity index (χ4n) is 5.67. The molecule has 1 fully saturated rings. The van der Waals surface area contributed by atoms with E-state index in [1.807, 2.05) is 42.5 Å². The van der Waals surface area contributed by atoms with E-state index >= 15 is 0 Å². The summed E-state index contributed by atoms with van der Waals surface area (Å²) >= 11 is 0. The number of fused-ring (bicyclic) bond motifs is 1. The first-order valence-corrected chi connectivity index (χ1v) is 20.5. The highest BCUT2D eigenvalue weighted by atomic mass is 33.1. The number of nitrogens with zero attached hydrogens (tertiary/aromatic N) is 2. The summed E-state index contributed by atoms with van der Waals surface area (Å²) in [5.41, 5.74) is 23.4. The van der Waals surface area contributed by atoms with Gasteiger partial charge in [-0.3, -0.25) is 34.0 Å². The van der Waals surface area contributed by atoms with Crippen molar-refractivity contribution in [2.75, 3.05) is 31.1 Å². The average Bonchev–Trinajstić information content (AvgIpc) is 3.16. The van der Waals surface area contributed by atoms with E-state index < -0.39 is 53.7 Å². The van der Waals surface area contributed by atoms with Gasteiger partial charge in [-0.2, -0.15) is 0 Å². The van der Waals surface area contributed by atoms with E-state index in [1.54, 1.807) is 24.3 Å². The van der Waals surface area contributed by atoms with Gasteiger partial charge in [-0.1, -0.05) is 76.2 Å². The van der Waals surface area contributed by atoms with Crippen molar-refractivity contribution in [3.8, 4) is 5.75 Å². The van der Waals surface area contributed by atoms with Gasteiger partial charge in [-0.15, -0.1) is 0 Å². The van der Waals surface area contributed by atoms with E-state index in [9.17, 15) is 29.1 Å². The summed E-state index contributed by atoms with van der Waals surface area (Å²) in [6, 6.07) is 15.6. The number of phenolic OH excluding ortho intramolecular Hbond substituents is 1. The topological polar surface area (TPSA) is 295 Å². The third-order valence-corrected chi connectivity index (χ3v) is 11.0. The molecule has 0 bridgehead atoms. The Bertz CT molecular complexity index is 1890. The van der Waals surface area contributed by atoms with Crippen molar-refractivity contribution in [2.24, 2.45) is 32.9 Å². The predicted molar refractivity (Wildman–Crippen MR) is 220 cm³/mol. The highest BCUT2D eigenvalue weighted by molar-refractivity contribution is 8.76. The Morgan fingerprint density at radius 1 is 0.768 bits per heavy atom. The number of nitrogens with one attached hydrogen (secondary N) is 5. The SMILES string of the molecule is NC(N)=NCCC[C@H]1NC(=O)[C@H](NC(=O)CCN=C(N)N)CSSC[C@@H](C(=O)NCCc2ccc(O)cc2)NC(=O)[C@@H](Cc2ccc3ccccc3c2)NC1=O. The standard InChI is InChI=1S/C37H49N11O6S2/c38-36(39)43-15-3-6-27-33(52)47-28(19-23-7-10-24-4-1-2-5-25(24)18-23)34(53)48-29(32(51)42-16-13-22-8-11-26(49)12-9-22)20-55-56-21-30(35(54)46-27)45-31(50)14-17-44-37(40)41/h1-2,4-5,7-12,18,27-30,49H,3,6,13-17,19-21H2,(H,42,51)(H,45,50)(H,46,54)(H,47,52)(H,48,53)(H4,38,39,43)(H4,40,41,44)/t27-,28-,29+,30-/m1/s1. The summed E-state index contributed by atoms with van der Waals surface area (Å²) in [7, 11) is 2.44. The average molecular weight is 808 g/mol. The predicted octanol–water partition coefficient (Wildman–Crippen LogP) is -0.502. The van der Waals surface area contributed by atoms with Gasteiger partial charge in [0, 0.05) is 37.4 Å². The summed E-state index contributed by atoms with van der Waals surface area (Å²) in [6.07, 6.45) is 0.834. The maximum Gasteiger partial charge on any atom is 0.244 e. The molecule has 1 aliphatic heterocycles. The molecule has 0 saturated carbocycles. The van der Waals surface area contributed by atoms with Crippen molar-refractivity contribution in [3.63, 3.8) is 0 Å². The van der Waals surface area contributed by atoms with Gasteiger partial charge in [0.2, 0.25) is 29.5 Å². The fourth-order valence-corrected chi connectivity index (χ4v) is 7.99. The van der Waals surface area contributed by atoms with Crippen LogP contribution in [-0.4, -0.2) is 102 Å². The molecule has 17 nitrogen and oxygen atoms in total. The molecular weight excluding hydrogens is 759 g/mol. The number of hydrogen-bond donors (Lipinski definition) is 10. The van der Waals surface area contributed by atoms with E-state index in [2.05, 4.69) is 36.6 Å². The van der Waals surface area contributed by atoms with Crippen LogP contribution >= 0.6 is 21.6 Å². The fraction of sp³-hybridized carbons (Fsp3) is 0.378. The number of aromatic hydroxyl groups is 1. The lowest BCUT2D eigenvalue weighted by Gasteiger charge is -2.27. The second-order valence-corrected chi connectivity index (χ2v) is 15.5. The highest BCUT2D eigenvalue weighted by Gasteiger charge is 2.32. The zero-order valence-electron chi connectivity index (χ0n) is 30.7. The molecule has 0 aliphatic carbocycles. The molecule has 4 rings (SSSR count). The minimum atomic E-state index is -1.15. The van der Waals surface area contributed by atoms with Crippen LogP contribution in [0, 0.1) is 0 Å². The molecule has 14 N–H and O–H groups in total. The largest absolute Gasteiger partial charge is 0.508 e. The Labute approximate surface area is 332 Å². The number of carbonyl (C=O) groups is 5. The zero-order chi connectivity index (χ0) is 40.5. The highest BCUT2D eigenvalue weighted by Crippen LogP contribution is 2.24. The Hall–Kier alpha value is -5.69. The summed E-state index contributed by atoms with van der Waals surface area (Å²) in [6.45, 7) is 0.423. The van der Waals surface area contributed by atoms with Crippen molar-refractivity contribution in [2.45, 2.75) is 56.3 Å². The van der Waals surface area contributed by atoms with Crippen molar-refractivity contribution in [1.29, 1.82) is 0 Å². The molecule has 1 saturated heterocycles. The first-order valence-electron chi connectivity index (χ1n) is 18.0. The van der Waals surface area contributed by atoms with Gasteiger partial charge in [0.1, 0.15) is 29.9 Å². The van der Waals surface area contributed by atoms with Crippen molar-refractivity contribution >= 4 is 73.8 Å². The van der Waals surface area contributed by atoms with Crippen LogP contribution in [0.4, 0.5) is 0 Å². The van der Waals surface area contributed by atoms with E-state index in [0.717, 1.165) is 21.9 Å². The first kappa shape index (κ1) is 43.0. The Morgan fingerprint density at radius 2 is 1.41 bits per heavy atom. The van der Waals surface area contributed by atoms with Crippen molar-refractivity contribution in [1.82, 2.24) is 26.6 Å². The number of nitrogens with two attached hydrogens (primary N) is 4. The van der Waals surface area contributed by atoms with Gasteiger partial charge in [0.05, 0.1) is 6.54 Å². The monoisotopic (exact) mass is 807 g/mol. The molecule has 300 valence electrons. The third-order valence-electron chi connectivity index (χ3n) is 8.58. The van der Waals surface area contributed by atoms with Gasteiger partial charge < -0.3 is 54.6 Å². The summed E-state index contributed by atoms with van der Waals surface area (Å²) < 4.78 is 0. The maximum absolute atomic E-state index is 14.1. The number of aliphatic imine (C=N–C) groups is 2. The molecule has 4 atom stereocenters. The molecule has 1 aliphatic rings. The van der Waals surface area contributed by atoms with Gasteiger partial charge >= 0.3 is 0 Å². The van der Waals surface area contributed by atoms with Crippen LogP contribution < -0.4 is 49.5 Å². The van der Waals surface area contributed by atoms with E-state index in [0.29, 0.717) is 12.8 Å². The number of hydrogen-bond acceptors (Lipinski definition) is 10. The van der Waals surface area contributed by atoms with Crippen LogP contribution in [0.3, 0.4) is 0 Å². The number of phenols is 1. The Morgan fingerprint density at radius 3 is 2.14 bits per heavy atom. The summed E-state index contributed by atoms with van der Waals surface area (Å²) in [4.78, 5) is 76.1. The molecule has 0 unspecified atom stereocenters. The Balaban J connectivity index is 1.61. The second-order valence-electron chi connectivity index (χ2n) is 13.0. The lowest BCUT2D eigenvalue weighted by atomic mass is 10.00. The normalized spacial score (nSPS) is 19.3. The molecule has 56 heavy (non-hydrogen) atoms. The number of amides is 5. The molecule has 0 spiro atoms. The minimum Gasteiger partial charge on any atom is -0.508 e. The quantitative estimate of drug-likeness (QED) is 0.0427. The molecule has 0 radical (unpaired) electrons.